The van der Waals surface area contributed by atoms with E-state index < -0.39 is 0 Å². The van der Waals surface area contributed by atoms with Crippen molar-refractivity contribution in [1.82, 2.24) is 4.98 Å². The maximum absolute atomic E-state index is 11.0. The van der Waals surface area contributed by atoms with Gasteiger partial charge in [0.1, 0.15) is 5.78 Å². The lowest BCUT2D eigenvalue weighted by Gasteiger charge is -1.90. The molecule has 0 saturated heterocycles. The van der Waals surface area contributed by atoms with E-state index in [2.05, 4.69) is 4.98 Å². The largest absolute Gasteiger partial charge is 0.299 e. The second kappa shape index (κ2) is 3.62. The molecule has 1 aromatic rings. The number of aromatic nitrogens is 1. The Kier molecular flexibility index (Phi) is 2.76. The van der Waals surface area contributed by atoms with Gasteiger partial charge in [-0.15, -0.1) is 11.3 Å². The molecule has 2 nitrogen and oxygen atoms in total. The van der Waals surface area contributed by atoms with Gasteiger partial charge in [0, 0.05) is 18.2 Å². The van der Waals surface area contributed by atoms with Crippen LogP contribution in [0.2, 0.25) is 0 Å². The van der Waals surface area contributed by atoms with Crippen LogP contribution in [0.1, 0.15) is 24.0 Å². The Morgan fingerprint density at radius 1 is 1.73 bits per heavy atom. The van der Waals surface area contributed by atoms with Crippen LogP contribution in [0.3, 0.4) is 0 Å². The summed E-state index contributed by atoms with van der Waals surface area (Å²) in [5.41, 5.74) is 0.916. The first kappa shape index (κ1) is 8.40. The van der Waals surface area contributed by atoms with Crippen LogP contribution in [0.5, 0.6) is 0 Å². The molecule has 0 saturated carbocycles. The van der Waals surface area contributed by atoms with Crippen molar-refractivity contribution < 1.29 is 4.79 Å². The maximum atomic E-state index is 11.0. The molecular formula is C8H11NOS. The van der Waals surface area contributed by atoms with Crippen molar-refractivity contribution in [3.63, 3.8) is 0 Å². The predicted octanol–water partition coefficient (Wildman–Crippen LogP) is 1.97. The minimum atomic E-state index is 0.260. The average molecular weight is 169 g/mol. The number of carbonyl (C=O) groups is 1. The van der Waals surface area contributed by atoms with Crippen LogP contribution in [0.15, 0.2) is 5.38 Å². The van der Waals surface area contributed by atoms with Gasteiger partial charge in [-0.25, -0.2) is 4.98 Å². The fourth-order valence-corrected chi connectivity index (χ4v) is 1.43. The first-order valence-electron chi connectivity index (χ1n) is 3.65. The number of carbonyl (C=O) groups excluding carboxylic acids is 1. The zero-order valence-corrected chi connectivity index (χ0v) is 7.57. The minimum absolute atomic E-state index is 0.260. The summed E-state index contributed by atoms with van der Waals surface area (Å²) >= 11 is 1.59. The third-order valence-electron chi connectivity index (χ3n) is 1.44. The number of aryl methyl sites for hydroxylation is 1. The van der Waals surface area contributed by atoms with Gasteiger partial charge in [0.2, 0.25) is 0 Å². The number of ketones is 1. The van der Waals surface area contributed by atoms with Crippen molar-refractivity contribution in [2.75, 3.05) is 0 Å². The Labute approximate surface area is 70.3 Å². The molecule has 1 heterocycles. The molecule has 0 N–H and O–H groups in total. The van der Waals surface area contributed by atoms with Crippen molar-refractivity contribution in [1.29, 1.82) is 0 Å². The van der Waals surface area contributed by atoms with E-state index in [9.17, 15) is 4.79 Å². The first-order valence-corrected chi connectivity index (χ1v) is 4.53. The zero-order chi connectivity index (χ0) is 8.27. The van der Waals surface area contributed by atoms with E-state index in [-0.39, 0.29) is 5.78 Å². The Balaban J connectivity index is 2.57. The molecule has 0 unspecified atom stereocenters. The van der Waals surface area contributed by atoms with Crippen LogP contribution in [0, 0.1) is 6.92 Å². The molecule has 60 valence electrons. The molecule has 0 fully saturated rings. The van der Waals surface area contributed by atoms with E-state index in [4.69, 9.17) is 0 Å². The smallest absolute Gasteiger partial charge is 0.138 e. The van der Waals surface area contributed by atoms with Crippen LogP contribution < -0.4 is 0 Å². The molecular weight excluding hydrogens is 158 g/mol. The molecule has 3 heteroatoms. The summed E-state index contributed by atoms with van der Waals surface area (Å²) in [6.45, 7) is 3.83. The summed E-state index contributed by atoms with van der Waals surface area (Å²) in [4.78, 5) is 15.2. The van der Waals surface area contributed by atoms with Gasteiger partial charge in [-0.1, -0.05) is 6.92 Å². The Morgan fingerprint density at radius 3 is 2.91 bits per heavy atom. The molecule has 0 spiro atoms. The summed E-state index contributed by atoms with van der Waals surface area (Å²) in [7, 11) is 0. The van der Waals surface area contributed by atoms with Gasteiger partial charge in [-0.3, -0.25) is 4.79 Å². The SMILES string of the molecule is CCC(=O)Cc1csc(C)n1. The highest BCUT2D eigenvalue weighted by Crippen LogP contribution is 2.08. The van der Waals surface area contributed by atoms with Gasteiger partial charge in [0.05, 0.1) is 10.7 Å². The second-order valence-corrected chi connectivity index (χ2v) is 3.49. The zero-order valence-electron chi connectivity index (χ0n) is 6.76. The average Bonchev–Trinajstić information content (AvgIpc) is 2.35. The normalized spacial score (nSPS) is 10.0. The van der Waals surface area contributed by atoms with Crippen LogP contribution in [0.25, 0.3) is 0 Å². The molecule has 0 aromatic carbocycles. The van der Waals surface area contributed by atoms with Gasteiger partial charge < -0.3 is 0 Å². The van der Waals surface area contributed by atoms with Crippen LogP contribution in [-0.2, 0) is 11.2 Å². The first-order chi connectivity index (χ1) is 5.22. The van der Waals surface area contributed by atoms with Crippen molar-refractivity contribution in [2.24, 2.45) is 0 Å². The molecule has 0 bridgehead atoms. The van der Waals surface area contributed by atoms with Crippen LogP contribution in [0.4, 0.5) is 0 Å². The van der Waals surface area contributed by atoms with Gasteiger partial charge in [-0.2, -0.15) is 0 Å². The molecule has 11 heavy (non-hydrogen) atoms. The molecule has 0 aliphatic rings. The van der Waals surface area contributed by atoms with Gasteiger partial charge >= 0.3 is 0 Å². The second-order valence-electron chi connectivity index (χ2n) is 2.43. The van der Waals surface area contributed by atoms with Crippen LogP contribution in [-0.4, -0.2) is 10.8 Å². The molecule has 0 amide bonds. The third-order valence-corrected chi connectivity index (χ3v) is 2.26. The fraction of sp³-hybridized carbons (Fsp3) is 0.500. The van der Waals surface area contributed by atoms with E-state index in [0.29, 0.717) is 12.8 Å². The van der Waals surface area contributed by atoms with Gasteiger partial charge in [0.25, 0.3) is 0 Å². The van der Waals surface area contributed by atoms with E-state index in [1.807, 2.05) is 19.2 Å². The van der Waals surface area contributed by atoms with E-state index in [1.54, 1.807) is 11.3 Å². The highest BCUT2D eigenvalue weighted by molar-refractivity contribution is 7.09. The molecule has 0 atom stereocenters. The Bertz CT molecular complexity index is 254. The monoisotopic (exact) mass is 169 g/mol. The van der Waals surface area contributed by atoms with E-state index in [0.717, 1.165) is 10.7 Å². The number of hydrogen-bond donors (Lipinski definition) is 0. The quantitative estimate of drug-likeness (QED) is 0.692. The van der Waals surface area contributed by atoms with Crippen molar-refractivity contribution in [3.05, 3.63) is 16.1 Å². The molecule has 0 aliphatic heterocycles. The standard InChI is InChI=1S/C8H11NOS/c1-3-8(10)4-7-5-11-6(2)9-7/h5H,3-4H2,1-2H3. The lowest BCUT2D eigenvalue weighted by Crippen LogP contribution is -2.00. The maximum Gasteiger partial charge on any atom is 0.138 e. The number of Topliss-reactive ketones (excluding diaryl/α,β-unsaturated/α-hetero) is 1. The summed E-state index contributed by atoms with van der Waals surface area (Å²) in [6, 6.07) is 0. The number of nitrogens with zero attached hydrogens (tertiary/aromatic N) is 1. The molecule has 1 rings (SSSR count). The fourth-order valence-electron chi connectivity index (χ4n) is 0.816. The highest BCUT2D eigenvalue weighted by atomic mass is 32.1. The lowest BCUT2D eigenvalue weighted by molar-refractivity contribution is -0.118. The van der Waals surface area contributed by atoms with Crippen molar-refractivity contribution in [2.45, 2.75) is 26.7 Å². The molecule has 1 aromatic heterocycles. The Morgan fingerprint density at radius 2 is 2.45 bits per heavy atom. The number of thiazole rings is 1. The number of hydrogen-bond acceptors (Lipinski definition) is 3. The summed E-state index contributed by atoms with van der Waals surface area (Å²) in [5, 5.41) is 2.98. The van der Waals surface area contributed by atoms with Gasteiger partial charge in [-0.05, 0) is 6.92 Å². The van der Waals surface area contributed by atoms with E-state index in [1.165, 1.54) is 0 Å². The molecule has 0 radical (unpaired) electrons. The Hall–Kier alpha value is -0.700. The highest BCUT2D eigenvalue weighted by Gasteiger charge is 2.03. The summed E-state index contributed by atoms with van der Waals surface area (Å²) in [5.74, 6) is 0.260. The minimum Gasteiger partial charge on any atom is -0.299 e. The van der Waals surface area contributed by atoms with Crippen molar-refractivity contribution in [3.8, 4) is 0 Å². The van der Waals surface area contributed by atoms with Gasteiger partial charge in [0.15, 0.2) is 0 Å². The molecule has 0 aliphatic carbocycles. The predicted molar refractivity (Wildman–Crippen MR) is 45.9 cm³/mol. The summed E-state index contributed by atoms with van der Waals surface area (Å²) in [6.07, 6.45) is 1.11. The van der Waals surface area contributed by atoms with E-state index >= 15 is 0 Å². The topological polar surface area (TPSA) is 30.0 Å². The third kappa shape index (κ3) is 2.42. The van der Waals surface area contributed by atoms with Crippen molar-refractivity contribution >= 4 is 17.1 Å². The lowest BCUT2D eigenvalue weighted by atomic mass is 10.2. The number of rotatable bonds is 3. The summed E-state index contributed by atoms with van der Waals surface area (Å²) < 4.78 is 0. The van der Waals surface area contributed by atoms with Crippen LogP contribution >= 0.6 is 11.3 Å².